The lowest BCUT2D eigenvalue weighted by Gasteiger charge is -2.31. The minimum atomic E-state index is 0.0903. The zero-order valence-corrected chi connectivity index (χ0v) is 7.81. The maximum atomic E-state index is 11.7. The van der Waals surface area contributed by atoms with Crippen molar-refractivity contribution in [2.24, 2.45) is 5.41 Å². The Labute approximate surface area is 73.9 Å². The maximum Gasteiger partial charge on any atom is 0.140 e. The third-order valence-corrected chi connectivity index (χ3v) is 3.45. The van der Waals surface area contributed by atoms with E-state index in [-0.39, 0.29) is 5.41 Å². The zero-order valence-electron chi connectivity index (χ0n) is 7.81. The first-order valence-electron chi connectivity index (χ1n) is 4.95. The van der Waals surface area contributed by atoms with Crippen LogP contribution in [0.25, 0.3) is 0 Å². The summed E-state index contributed by atoms with van der Waals surface area (Å²) >= 11 is 0. The molecule has 1 spiro atoms. The van der Waals surface area contributed by atoms with Crippen molar-refractivity contribution < 1.29 is 4.79 Å². The topological polar surface area (TPSA) is 20.3 Å². The predicted octanol–water partition coefficient (Wildman–Crippen LogP) is 1.45. The van der Waals surface area contributed by atoms with Crippen LogP contribution in [0.3, 0.4) is 0 Å². The molecule has 0 amide bonds. The number of likely N-dealkylation sites (tertiary alicyclic amines) is 1. The van der Waals surface area contributed by atoms with E-state index in [1.54, 1.807) is 0 Å². The molecule has 0 aromatic rings. The average molecular weight is 167 g/mol. The van der Waals surface area contributed by atoms with E-state index in [0.29, 0.717) is 5.78 Å². The lowest BCUT2D eigenvalue weighted by molar-refractivity contribution is -0.130. The minimum absolute atomic E-state index is 0.0903. The monoisotopic (exact) mass is 167 g/mol. The van der Waals surface area contributed by atoms with Gasteiger partial charge in [-0.15, -0.1) is 0 Å². The SMILES string of the molecule is CN1CC[C@@]2(CCCCC2=O)C1. The van der Waals surface area contributed by atoms with Crippen molar-refractivity contribution in [3.05, 3.63) is 0 Å². The van der Waals surface area contributed by atoms with Gasteiger partial charge in [0, 0.05) is 18.4 Å². The van der Waals surface area contributed by atoms with Gasteiger partial charge in [-0.2, -0.15) is 0 Å². The van der Waals surface area contributed by atoms with Crippen molar-refractivity contribution in [3.63, 3.8) is 0 Å². The fraction of sp³-hybridized carbons (Fsp3) is 0.900. The molecule has 2 heteroatoms. The quantitative estimate of drug-likeness (QED) is 0.544. The summed E-state index contributed by atoms with van der Waals surface area (Å²) < 4.78 is 0. The van der Waals surface area contributed by atoms with Gasteiger partial charge < -0.3 is 4.90 Å². The predicted molar refractivity (Wildman–Crippen MR) is 48.0 cm³/mol. The number of carbonyl (C=O) groups excluding carboxylic acids is 1. The second-order valence-electron chi connectivity index (χ2n) is 4.40. The summed E-state index contributed by atoms with van der Waals surface area (Å²) in [6, 6.07) is 0. The molecule has 12 heavy (non-hydrogen) atoms. The number of ketones is 1. The van der Waals surface area contributed by atoms with Crippen LogP contribution in [0.15, 0.2) is 0 Å². The molecule has 0 N–H and O–H groups in total. The molecule has 1 saturated heterocycles. The van der Waals surface area contributed by atoms with Gasteiger partial charge in [0.05, 0.1) is 0 Å². The summed E-state index contributed by atoms with van der Waals surface area (Å²) in [5.74, 6) is 0.540. The molecule has 2 rings (SSSR count). The Morgan fingerprint density at radius 3 is 2.75 bits per heavy atom. The van der Waals surface area contributed by atoms with Gasteiger partial charge in [-0.3, -0.25) is 4.79 Å². The van der Waals surface area contributed by atoms with Crippen molar-refractivity contribution >= 4 is 5.78 Å². The highest BCUT2D eigenvalue weighted by Gasteiger charge is 2.43. The smallest absolute Gasteiger partial charge is 0.140 e. The second-order valence-corrected chi connectivity index (χ2v) is 4.40. The number of hydrogen-bond donors (Lipinski definition) is 0. The van der Waals surface area contributed by atoms with E-state index < -0.39 is 0 Å². The van der Waals surface area contributed by atoms with Crippen LogP contribution >= 0.6 is 0 Å². The fourth-order valence-electron chi connectivity index (χ4n) is 2.66. The fourth-order valence-corrected chi connectivity index (χ4v) is 2.66. The summed E-state index contributed by atoms with van der Waals surface area (Å²) in [6.07, 6.45) is 5.50. The molecule has 2 nitrogen and oxygen atoms in total. The molecule has 1 atom stereocenters. The number of Topliss-reactive ketones (excluding diaryl/α,β-unsaturated/α-hetero) is 1. The molecule has 0 radical (unpaired) electrons. The molecule has 2 aliphatic rings. The standard InChI is InChI=1S/C10H17NO/c1-11-7-6-10(8-11)5-3-2-4-9(10)12/h2-8H2,1H3/t10-/m0/s1. The summed E-state index contributed by atoms with van der Waals surface area (Å²) in [7, 11) is 2.12. The first-order valence-corrected chi connectivity index (χ1v) is 4.95. The van der Waals surface area contributed by atoms with Gasteiger partial charge in [-0.25, -0.2) is 0 Å². The summed E-state index contributed by atoms with van der Waals surface area (Å²) in [6.45, 7) is 2.14. The highest BCUT2D eigenvalue weighted by molar-refractivity contribution is 5.86. The van der Waals surface area contributed by atoms with Crippen LogP contribution in [-0.2, 0) is 4.79 Å². The highest BCUT2D eigenvalue weighted by atomic mass is 16.1. The Hall–Kier alpha value is -0.370. The molecule has 0 aromatic heterocycles. The van der Waals surface area contributed by atoms with Crippen LogP contribution in [0.1, 0.15) is 32.1 Å². The molecular formula is C10H17NO. The third-order valence-electron chi connectivity index (χ3n) is 3.45. The first kappa shape index (κ1) is 8.24. The largest absolute Gasteiger partial charge is 0.305 e. The van der Waals surface area contributed by atoms with Crippen LogP contribution in [0, 0.1) is 5.41 Å². The third kappa shape index (κ3) is 1.18. The molecule has 2 fully saturated rings. The molecule has 1 aliphatic heterocycles. The van der Waals surface area contributed by atoms with Gasteiger partial charge in [0.25, 0.3) is 0 Å². The van der Waals surface area contributed by atoms with E-state index in [2.05, 4.69) is 11.9 Å². The van der Waals surface area contributed by atoms with E-state index in [1.165, 1.54) is 6.42 Å². The molecule has 1 saturated carbocycles. The minimum Gasteiger partial charge on any atom is -0.305 e. The zero-order chi connectivity index (χ0) is 8.60. The van der Waals surface area contributed by atoms with Crippen molar-refractivity contribution in [2.45, 2.75) is 32.1 Å². The van der Waals surface area contributed by atoms with E-state index in [4.69, 9.17) is 0 Å². The Kier molecular flexibility index (Phi) is 1.95. The van der Waals surface area contributed by atoms with E-state index in [9.17, 15) is 4.79 Å². The number of rotatable bonds is 0. The second kappa shape index (κ2) is 2.84. The van der Waals surface area contributed by atoms with Crippen molar-refractivity contribution in [3.8, 4) is 0 Å². The summed E-state index contributed by atoms with van der Waals surface area (Å²) in [5, 5.41) is 0. The molecule has 1 aliphatic carbocycles. The van der Waals surface area contributed by atoms with Crippen LogP contribution < -0.4 is 0 Å². The van der Waals surface area contributed by atoms with Crippen LogP contribution in [0.5, 0.6) is 0 Å². The lowest BCUT2D eigenvalue weighted by Crippen LogP contribution is -2.36. The summed E-state index contributed by atoms with van der Waals surface area (Å²) in [4.78, 5) is 14.0. The van der Waals surface area contributed by atoms with Gasteiger partial charge in [0.2, 0.25) is 0 Å². The van der Waals surface area contributed by atoms with Crippen LogP contribution in [0.4, 0.5) is 0 Å². The number of carbonyl (C=O) groups is 1. The van der Waals surface area contributed by atoms with E-state index >= 15 is 0 Å². The Balaban J connectivity index is 2.13. The van der Waals surface area contributed by atoms with Crippen molar-refractivity contribution in [1.82, 2.24) is 4.90 Å². The lowest BCUT2D eigenvalue weighted by atomic mass is 9.72. The Morgan fingerprint density at radius 2 is 2.17 bits per heavy atom. The molecule has 1 heterocycles. The summed E-state index contributed by atoms with van der Waals surface area (Å²) in [5.41, 5.74) is 0.0903. The Bertz CT molecular complexity index is 198. The van der Waals surface area contributed by atoms with Gasteiger partial charge in [0.1, 0.15) is 5.78 Å². The van der Waals surface area contributed by atoms with Crippen molar-refractivity contribution in [1.29, 1.82) is 0 Å². The Morgan fingerprint density at radius 1 is 1.33 bits per heavy atom. The normalized spacial score (nSPS) is 37.9. The first-order chi connectivity index (χ1) is 5.73. The van der Waals surface area contributed by atoms with Gasteiger partial charge >= 0.3 is 0 Å². The van der Waals surface area contributed by atoms with E-state index in [1.807, 2.05) is 0 Å². The highest BCUT2D eigenvalue weighted by Crippen LogP contribution is 2.40. The van der Waals surface area contributed by atoms with Gasteiger partial charge in [0.15, 0.2) is 0 Å². The molecular weight excluding hydrogens is 150 g/mol. The van der Waals surface area contributed by atoms with Gasteiger partial charge in [-0.1, -0.05) is 6.42 Å². The van der Waals surface area contributed by atoms with Gasteiger partial charge in [-0.05, 0) is 32.9 Å². The molecule has 0 unspecified atom stereocenters. The van der Waals surface area contributed by atoms with E-state index in [0.717, 1.165) is 38.8 Å². The number of hydrogen-bond acceptors (Lipinski definition) is 2. The average Bonchev–Trinajstić information content (AvgIpc) is 2.41. The van der Waals surface area contributed by atoms with Crippen molar-refractivity contribution in [2.75, 3.05) is 20.1 Å². The molecule has 68 valence electrons. The molecule has 0 aromatic carbocycles. The molecule has 0 bridgehead atoms. The van der Waals surface area contributed by atoms with Crippen LogP contribution in [0.2, 0.25) is 0 Å². The maximum absolute atomic E-state index is 11.7. The van der Waals surface area contributed by atoms with Crippen LogP contribution in [-0.4, -0.2) is 30.8 Å². The number of nitrogens with zero attached hydrogens (tertiary/aromatic N) is 1.